The number of nitrogens with two attached hydrogens (primary N) is 1. The van der Waals surface area contributed by atoms with Gasteiger partial charge in [0.15, 0.2) is 0 Å². The Morgan fingerprint density at radius 1 is 0.935 bits per heavy atom. The minimum Gasteiger partial charge on any atom is -0.508 e. The maximum Gasteiger partial charge on any atom is 0.121 e. The zero-order valence-corrected chi connectivity index (χ0v) is 17.4. The van der Waals surface area contributed by atoms with Crippen LogP contribution < -0.4 is 11.2 Å². The first-order valence-corrected chi connectivity index (χ1v) is 10.4. The molecule has 3 rings (SSSR count). The van der Waals surface area contributed by atoms with E-state index in [9.17, 15) is 15.3 Å². The lowest BCUT2D eigenvalue weighted by Crippen LogP contribution is -2.25. The number of phenols is 1. The van der Waals surface area contributed by atoms with Crippen molar-refractivity contribution in [2.75, 3.05) is 12.1 Å². The molecule has 31 heavy (non-hydrogen) atoms. The zero-order valence-electron chi connectivity index (χ0n) is 17.4. The van der Waals surface area contributed by atoms with E-state index in [2.05, 4.69) is 17.6 Å². The molecule has 2 atom stereocenters. The lowest BCUT2D eigenvalue weighted by Gasteiger charge is -2.18. The third-order valence-electron chi connectivity index (χ3n) is 5.16. The number of aliphatic hydroxyl groups is 2. The number of anilines is 1. The summed E-state index contributed by atoms with van der Waals surface area (Å²) in [4.78, 5) is 5.53. The minimum absolute atomic E-state index is 0.0143. The van der Waals surface area contributed by atoms with Gasteiger partial charge in [0.1, 0.15) is 5.75 Å². The molecule has 0 aromatic heterocycles. The maximum absolute atomic E-state index is 10.5. The minimum atomic E-state index is -0.764. The molecular weight excluding hydrogens is 392 g/mol. The van der Waals surface area contributed by atoms with Gasteiger partial charge in [-0.3, -0.25) is 10.3 Å². The Balaban J connectivity index is 1.43. The lowest BCUT2D eigenvalue weighted by atomic mass is 9.96. The van der Waals surface area contributed by atoms with Gasteiger partial charge < -0.3 is 21.1 Å². The fourth-order valence-electron chi connectivity index (χ4n) is 3.41. The number of benzene rings is 3. The quantitative estimate of drug-likeness (QED) is 0.239. The van der Waals surface area contributed by atoms with Crippen molar-refractivity contribution in [1.29, 1.82) is 0 Å². The second-order valence-electron chi connectivity index (χ2n) is 7.65. The van der Waals surface area contributed by atoms with Crippen LogP contribution >= 0.6 is 0 Å². The van der Waals surface area contributed by atoms with Gasteiger partial charge in [0.25, 0.3) is 0 Å². The average molecular weight is 423 g/mol. The molecular formula is C25H30N2O4. The molecule has 0 heterocycles. The highest BCUT2D eigenvalue weighted by Crippen LogP contribution is 2.25. The van der Waals surface area contributed by atoms with Crippen LogP contribution in [0.25, 0.3) is 0 Å². The summed E-state index contributed by atoms with van der Waals surface area (Å²) in [5.74, 6) is 0.0143. The third kappa shape index (κ3) is 7.08. The van der Waals surface area contributed by atoms with Gasteiger partial charge in [-0.15, -0.1) is 0 Å². The Labute approximate surface area is 182 Å². The van der Waals surface area contributed by atoms with Gasteiger partial charge in [-0.05, 0) is 60.2 Å². The summed E-state index contributed by atoms with van der Waals surface area (Å²) in [6.07, 6.45) is 1.07. The van der Waals surface area contributed by atoms with Crippen LogP contribution in [0.3, 0.4) is 0 Å². The average Bonchev–Trinajstić information content (AvgIpc) is 2.78. The van der Waals surface area contributed by atoms with Crippen molar-refractivity contribution in [3.05, 3.63) is 95.1 Å². The molecule has 0 saturated carbocycles. The Morgan fingerprint density at radius 2 is 1.68 bits per heavy atom. The van der Waals surface area contributed by atoms with Gasteiger partial charge in [0, 0.05) is 11.6 Å². The van der Waals surface area contributed by atoms with Crippen molar-refractivity contribution in [3.8, 4) is 5.75 Å². The molecule has 0 aliphatic rings. The number of hydrogen-bond acceptors (Lipinski definition) is 6. The predicted molar refractivity (Wildman–Crippen MR) is 121 cm³/mol. The number of nitrogens with one attached hydrogen (secondary N) is 1. The smallest absolute Gasteiger partial charge is 0.121 e. The topological polar surface area (TPSA) is 108 Å². The highest BCUT2D eigenvalue weighted by Gasteiger charge is 2.15. The molecule has 0 fully saturated rings. The van der Waals surface area contributed by atoms with E-state index in [4.69, 9.17) is 10.6 Å². The molecule has 0 aliphatic heterocycles. The van der Waals surface area contributed by atoms with E-state index in [0.717, 1.165) is 17.7 Å². The van der Waals surface area contributed by atoms with Crippen LogP contribution in [0.2, 0.25) is 0 Å². The fraction of sp³-hybridized carbons (Fsp3) is 0.280. The molecule has 0 radical (unpaired) electrons. The first-order valence-electron chi connectivity index (χ1n) is 10.4. The van der Waals surface area contributed by atoms with E-state index in [1.54, 1.807) is 12.1 Å². The molecule has 0 amide bonds. The Hall–Kier alpha value is -2.90. The second-order valence-corrected chi connectivity index (χ2v) is 7.65. The van der Waals surface area contributed by atoms with Gasteiger partial charge in [-0.2, -0.15) is 0 Å². The van der Waals surface area contributed by atoms with Crippen molar-refractivity contribution in [2.24, 2.45) is 5.73 Å². The molecule has 0 bridgehead atoms. The summed E-state index contributed by atoms with van der Waals surface area (Å²) in [6.45, 7) is 0.290. The Morgan fingerprint density at radius 3 is 2.39 bits per heavy atom. The standard InChI is InChI=1S/C25H30N2O4/c26-22(16-25(30)20-8-11-24(29)21(15-20)17-28)14-19-6-9-23(10-7-19)27-31-13-12-18-4-2-1-3-5-18/h1-11,15,22,25,27-30H,12-14,16-17,26H2/t22-,25+/m0/s1. The Kier molecular flexibility index (Phi) is 8.44. The monoisotopic (exact) mass is 422 g/mol. The summed E-state index contributed by atoms with van der Waals surface area (Å²) in [7, 11) is 0. The van der Waals surface area contributed by atoms with Crippen molar-refractivity contribution >= 4 is 5.69 Å². The zero-order chi connectivity index (χ0) is 22.1. The van der Waals surface area contributed by atoms with Crippen LogP contribution in [0.4, 0.5) is 5.69 Å². The van der Waals surface area contributed by atoms with E-state index in [1.165, 1.54) is 11.6 Å². The van der Waals surface area contributed by atoms with Gasteiger partial charge in [-0.25, -0.2) is 0 Å². The van der Waals surface area contributed by atoms with Crippen LogP contribution in [-0.4, -0.2) is 28.0 Å². The van der Waals surface area contributed by atoms with Crippen LogP contribution in [0.5, 0.6) is 5.75 Å². The second kappa shape index (κ2) is 11.5. The van der Waals surface area contributed by atoms with Crippen LogP contribution in [-0.2, 0) is 24.3 Å². The summed E-state index contributed by atoms with van der Waals surface area (Å²) < 4.78 is 0. The van der Waals surface area contributed by atoms with Crippen LogP contribution in [0.1, 0.15) is 34.8 Å². The molecule has 3 aromatic rings. The summed E-state index contributed by atoms with van der Waals surface area (Å²) in [5.41, 5.74) is 13.4. The van der Waals surface area contributed by atoms with Crippen molar-refractivity contribution in [3.63, 3.8) is 0 Å². The summed E-state index contributed by atoms with van der Waals surface area (Å²) >= 11 is 0. The van der Waals surface area contributed by atoms with Crippen LogP contribution in [0.15, 0.2) is 72.8 Å². The molecule has 164 valence electrons. The predicted octanol–water partition coefficient (Wildman–Crippen LogP) is 3.46. The highest BCUT2D eigenvalue weighted by molar-refractivity contribution is 5.43. The third-order valence-corrected chi connectivity index (χ3v) is 5.16. The molecule has 0 unspecified atom stereocenters. The van der Waals surface area contributed by atoms with E-state index >= 15 is 0 Å². The molecule has 6 nitrogen and oxygen atoms in total. The largest absolute Gasteiger partial charge is 0.508 e. The van der Waals surface area contributed by atoms with Gasteiger partial charge in [-0.1, -0.05) is 48.5 Å². The normalized spacial score (nSPS) is 13.0. The molecule has 0 spiro atoms. The summed E-state index contributed by atoms with van der Waals surface area (Å²) in [6, 6.07) is 22.5. The highest BCUT2D eigenvalue weighted by atomic mass is 16.6. The first-order chi connectivity index (χ1) is 15.0. The number of rotatable bonds is 11. The van der Waals surface area contributed by atoms with E-state index in [0.29, 0.717) is 30.6 Å². The number of hydrogen-bond donors (Lipinski definition) is 5. The van der Waals surface area contributed by atoms with Gasteiger partial charge >= 0.3 is 0 Å². The molecule has 0 aliphatic carbocycles. The van der Waals surface area contributed by atoms with E-state index in [1.807, 2.05) is 42.5 Å². The van der Waals surface area contributed by atoms with Crippen molar-refractivity contribution in [1.82, 2.24) is 0 Å². The first kappa shape index (κ1) is 22.8. The summed E-state index contributed by atoms with van der Waals surface area (Å²) in [5, 5.41) is 29.4. The molecule has 6 N–H and O–H groups in total. The van der Waals surface area contributed by atoms with E-state index < -0.39 is 6.10 Å². The molecule has 6 heteroatoms. The lowest BCUT2D eigenvalue weighted by molar-refractivity contribution is 0.157. The van der Waals surface area contributed by atoms with Gasteiger partial charge in [0.05, 0.1) is 25.0 Å². The SMILES string of the molecule is N[C@@H](Cc1ccc(NOCCc2ccccc2)cc1)C[C@@H](O)c1ccc(O)c(CO)c1. The van der Waals surface area contributed by atoms with Gasteiger partial charge in [0.2, 0.25) is 0 Å². The fourth-order valence-corrected chi connectivity index (χ4v) is 3.41. The number of aromatic hydroxyl groups is 1. The Bertz CT molecular complexity index is 932. The van der Waals surface area contributed by atoms with E-state index in [-0.39, 0.29) is 18.4 Å². The van der Waals surface area contributed by atoms with Crippen molar-refractivity contribution in [2.45, 2.75) is 38.0 Å². The molecule has 0 saturated heterocycles. The number of aliphatic hydroxyl groups excluding tert-OH is 2. The maximum atomic E-state index is 10.5. The van der Waals surface area contributed by atoms with Crippen LogP contribution in [0, 0.1) is 0 Å². The molecule has 3 aromatic carbocycles. The van der Waals surface area contributed by atoms with Crippen molar-refractivity contribution < 1.29 is 20.2 Å².